The molecule has 0 aliphatic heterocycles. The molecule has 10 aromatic rings. The summed E-state index contributed by atoms with van der Waals surface area (Å²) in [5.74, 6) is 0. The first-order valence-electron chi connectivity index (χ1n) is 21.8. The van der Waals surface area contributed by atoms with Gasteiger partial charge in [-0.2, -0.15) is 57.9 Å². The number of pyridine rings is 1. The molecule has 0 saturated heterocycles. The van der Waals surface area contributed by atoms with Crippen molar-refractivity contribution in [2.24, 2.45) is 0 Å². The van der Waals surface area contributed by atoms with Gasteiger partial charge < -0.3 is 9.13 Å². The topological polar surface area (TPSA) is 46.5 Å². The van der Waals surface area contributed by atoms with Crippen LogP contribution in [-0.2, 0) is 24.7 Å². The highest BCUT2D eigenvalue weighted by molar-refractivity contribution is 6.12. The molecule has 4 nitrogen and oxygen atoms in total. The van der Waals surface area contributed by atoms with E-state index in [1.807, 2.05) is 6.92 Å². The average molecular weight is 1000 g/mol. The van der Waals surface area contributed by atoms with E-state index in [0.29, 0.717) is 72.6 Å². The fourth-order valence-electron chi connectivity index (χ4n) is 9.00. The second-order valence-electron chi connectivity index (χ2n) is 16.3. The molecule has 0 bridgehead atoms. The molecular weight excluding hydrogens is 969 g/mol. The molecular formula is C57H36F12N4. The van der Waals surface area contributed by atoms with E-state index in [2.05, 4.69) is 30.8 Å². The molecule has 16 heteroatoms. The van der Waals surface area contributed by atoms with E-state index in [0.717, 1.165) is 12.1 Å². The lowest BCUT2D eigenvalue weighted by Crippen LogP contribution is -2.12. The third kappa shape index (κ3) is 9.41. The number of fused-ring (bicyclic) bond motifs is 6. The normalized spacial score (nSPS) is 12.1. The Morgan fingerprint density at radius 2 is 0.904 bits per heavy atom. The molecule has 0 spiro atoms. The quantitative estimate of drug-likeness (QED) is 0.127. The van der Waals surface area contributed by atoms with Crippen LogP contribution in [0.15, 0.2) is 184 Å². The van der Waals surface area contributed by atoms with Gasteiger partial charge in [0.25, 0.3) is 0 Å². The number of nitrogens with zero attached hydrogens (tertiary/aromatic N) is 4. The molecule has 10 rings (SSSR count). The maximum Gasteiger partial charge on any atom is 0.417 e. The summed E-state index contributed by atoms with van der Waals surface area (Å²) in [4.78, 5) is 4.32. The Morgan fingerprint density at radius 1 is 0.466 bits per heavy atom. The second-order valence-corrected chi connectivity index (χ2v) is 16.3. The molecule has 0 N–H and O–H groups in total. The molecule has 0 aliphatic carbocycles. The number of nitriles is 1. The Morgan fingerprint density at radius 3 is 1.32 bits per heavy atom. The van der Waals surface area contributed by atoms with Crippen LogP contribution in [0.25, 0.3) is 88.4 Å². The van der Waals surface area contributed by atoms with Crippen LogP contribution in [-0.4, -0.2) is 14.1 Å². The van der Waals surface area contributed by atoms with E-state index < -0.39 is 58.1 Å². The van der Waals surface area contributed by atoms with E-state index in [1.165, 1.54) is 30.5 Å². The fraction of sp³-hybridized carbons (Fsp3) is 0.0877. The highest BCUT2D eigenvalue weighted by atomic mass is 19.4. The van der Waals surface area contributed by atoms with Crippen molar-refractivity contribution >= 4 is 43.6 Å². The van der Waals surface area contributed by atoms with Crippen LogP contribution in [0.1, 0.15) is 34.7 Å². The van der Waals surface area contributed by atoms with Crippen LogP contribution in [0.4, 0.5) is 52.7 Å². The Kier molecular flexibility index (Phi) is 13.4. The van der Waals surface area contributed by atoms with Crippen LogP contribution >= 0.6 is 0 Å². The van der Waals surface area contributed by atoms with Gasteiger partial charge in [0.1, 0.15) is 6.07 Å². The molecule has 368 valence electrons. The van der Waals surface area contributed by atoms with Crippen molar-refractivity contribution in [3.8, 4) is 50.8 Å². The molecule has 3 aromatic heterocycles. The van der Waals surface area contributed by atoms with Gasteiger partial charge in [-0.3, -0.25) is 4.98 Å². The summed E-state index contributed by atoms with van der Waals surface area (Å²) < 4.78 is 173. The van der Waals surface area contributed by atoms with Crippen molar-refractivity contribution < 1.29 is 52.7 Å². The predicted molar refractivity (Wildman–Crippen MR) is 261 cm³/mol. The van der Waals surface area contributed by atoms with E-state index in [9.17, 15) is 57.9 Å². The van der Waals surface area contributed by atoms with Gasteiger partial charge in [0.2, 0.25) is 0 Å². The lowest BCUT2D eigenvalue weighted by molar-refractivity contribution is -0.144. The summed E-state index contributed by atoms with van der Waals surface area (Å²) in [6.45, 7) is 11.2. The van der Waals surface area contributed by atoms with Crippen LogP contribution in [0.2, 0.25) is 0 Å². The molecule has 0 saturated carbocycles. The molecule has 0 atom stereocenters. The molecule has 0 aliphatic rings. The summed E-state index contributed by atoms with van der Waals surface area (Å²) in [7, 11) is 0. The Labute approximate surface area is 408 Å². The molecule has 0 radical (unpaired) electrons. The molecule has 0 fully saturated rings. The average Bonchev–Trinajstić information content (AvgIpc) is 3.87. The van der Waals surface area contributed by atoms with Crippen LogP contribution in [0, 0.1) is 11.3 Å². The van der Waals surface area contributed by atoms with Gasteiger partial charge >= 0.3 is 24.7 Å². The SMILES string of the molecule is C=C.C=CC.N#Cc1cc(-n2c3ccccc3c3ccc(-c4ccc(C(F)(F)F)cc4C(F)(F)F)cc32)c(-c2cccnc2)cc1-n1c2ccccc2c2ccc(-c3ccc(C(F)(F)F)cc3C(F)(F)F)cc21. The molecule has 0 amide bonds. The zero-order chi connectivity index (χ0) is 52.8. The van der Waals surface area contributed by atoms with Crippen LogP contribution in [0.3, 0.4) is 0 Å². The first kappa shape index (κ1) is 50.8. The second kappa shape index (κ2) is 19.2. The molecule has 0 unspecified atom stereocenters. The Bertz CT molecular complexity index is 3770. The number of rotatable bonds is 5. The maximum atomic E-state index is 14.5. The highest BCUT2D eigenvalue weighted by Crippen LogP contribution is 2.46. The third-order valence-electron chi connectivity index (χ3n) is 12.0. The molecule has 73 heavy (non-hydrogen) atoms. The number of halogens is 12. The minimum absolute atomic E-state index is 0.0235. The van der Waals surface area contributed by atoms with Crippen LogP contribution < -0.4 is 0 Å². The van der Waals surface area contributed by atoms with Crippen molar-refractivity contribution in [1.82, 2.24) is 14.1 Å². The number of hydrogen-bond acceptors (Lipinski definition) is 2. The Balaban J connectivity index is 0.00000137. The molecule has 3 heterocycles. The lowest BCUT2D eigenvalue weighted by Gasteiger charge is -2.19. The van der Waals surface area contributed by atoms with Gasteiger partial charge in [0.15, 0.2) is 0 Å². The minimum atomic E-state index is -5.17. The van der Waals surface area contributed by atoms with Gasteiger partial charge in [0.05, 0.1) is 61.3 Å². The number of allylic oxidation sites excluding steroid dienone is 1. The monoisotopic (exact) mass is 1000 g/mol. The number of aromatic nitrogens is 3. The number of hydrogen-bond donors (Lipinski definition) is 0. The minimum Gasteiger partial charge on any atom is -0.309 e. The summed E-state index contributed by atoms with van der Waals surface area (Å²) in [5, 5.41) is 13.4. The van der Waals surface area contributed by atoms with Gasteiger partial charge in [-0.1, -0.05) is 84.9 Å². The lowest BCUT2D eigenvalue weighted by atomic mass is 9.95. The summed E-state index contributed by atoms with van der Waals surface area (Å²) in [6.07, 6.45) is -15.6. The number of alkyl halides is 12. The van der Waals surface area contributed by atoms with E-state index >= 15 is 0 Å². The number of benzene rings is 7. The fourth-order valence-corrected chi connectivity index (χ4v) is 9.00. The van der Waals surface area contributed by atoms with Gasteiger partial charge in [-0.05, 0) is 95.9 Å². The van der Waals surface area contributed by atoms with Crippen molar-refractivity contribution in [3.63, 3.8) is 0 Å². The van der Waals surface area contributed by atoms with Crippen molar-refractivity contribution in [3.05, 3.63) is 212 Å². The van der Waals surface area contributed by atoms with Gasteiger partial charge in [-0.25, -0.2) is 0 Å². The first-order valence-corrected chi connectivity index (χ1v) is 21.8. The van der Waals surface area contributed by atoms with Gasteiger partial charge in [0, 0.05) is 45.1 Å². The predicted octanol–water partition coefficient (Wildman–Crippen LogP) is 18.2. The highest BCUT2D eigenvalue weighted by Gasteiger charge is 2.40. The van der Waals surface area contributed by atoms with Crippen molar-refractivity contribution in [2.75, 3.05) is 0 Å². The summed E-state index contributed by atoms with van der Waals surface area (Å²) in [5.41, 5.74) is -3.86. The molecule has 7 aromatic carbocycles. The summed E-state index contributed by atoms with van der Waals surface area (Å²) >= 11 is 0. The van der Waals surface area contributed by atoms with E-state index in [-0.39, 0.29) is 34.5 Å². The van der Waals surface area contributed by atoms with E-state index in [1.54, 1.807) is 106 Å². The van der Waals surface area contributed by atoms with E-state index in [4.69, 9.17) is 0 Å². The van der Waals surface area contributed by atoms with Gasteiger partial charge in [-0.15, -0.1) is 19.7 Å². The van der Waals surface area contributed by atoms with Crippen LogP contribution in [0.5, 0.6) is 0 Å². The van der Waals surface area contributed by atoms with Crippen molar-refractivity contribution in [2.45, 2.75) is 31.6 Å². The standard InChI is InChI=1S/C52H26F12N4.C3H6.C2H4/c53-49(54,55)32-13-17-34(41(23-32)51(59,60)61)28-11-15-38-36-7-1-3-9-43(36)67(46(38)20-28)45-25-40(30-6-5-19-66-27-30)48(22-31(45)26-65)68-44-10-4-2-8-37(44)39-16-12-29(21-47(39)68)35-18-14-33(50(56,57)58)24-42(35)52(62,63)64;1-3-2;1-2/h1-25,27H;3H,1H2,2H3;1-2H2. The first-order chi connectivity index (χ1) is 34.6. The largest absolute Gasteiger partial charge is 0.417 e. The number of para-hydroxylation sites is 2. The zero-order valence-corrected chi connectivity index (χ0v) is 38.0. The van der Waals surface area contributed by atoms with Crippen molar-refractivity contribution in [1.29, 1.82) is 5.26 Å². The maximum absolute atomic E-state index is 14.5. The Hall–Kier alpha value is -8.58. The summed E-state index contributed by atoms with van der Waals surface area (Å²) in [6, 6.07) is 34.4. The zero-order valence-electron chi connectivity index (χ0n) is 38.0. The smallest absolute Gasteiger partial charge is 0.309 e. The third-order valence-corrected chi connectivity index (χ3v) is 12.0.